The average molecular weight is 1060 g/mol. The van der Waals surface area contributed by atoms with Crippen LogP contribution in [-0.2, 0) is 33.3 Å². The van der Waals surface area contributed by atoms with Gasteiger partial charge < -0.3 is 33.3 Å². The molecule has 0 aromatic rings. The number of likely N-dealkylation sites (N-methyl/N-ethyl adjacent to an activating group) is 1. The number of quaternary nitrogens is 1. The summed E-state index contributed by atoms with van der Waals surface area (Å²) in [5, 5.41) is 11.8. The van der Waals surface area contributed by atoms with E-state index in [9.17, 15) is 19.5 Å². The van der Waals surface area contributed by atoms with E-state index in [1.165, 1.54) is 70.6 Å². The standard InChI is InChI=1S/C67H111NO8/c1-6-8-10-12-14-16-18-20-22-24-25-26-27-28-29-30-31-32-33-34-35-36-37-38-39-40-41-42-44-46-48-50-52-54-56-58-65(70)76-63(62-75-67(66(71)72)73-60-59-68(3,4)5)61-74-64(69)57-55-53-51-49-47-45-43-23-21-19-17-15-13-11-9-7-2/h8,10,14,16-17,19-20,22-23,25-26,28-29,31-32,34-35,37-38,43,63,67H,6-7,9,11-13,15,18,21,24,27,30,33,36,39-42,44-62H2,1-5H3/b10-8-,16-14-,19-17-,22-20-,26-25-,29-28-,32-31-,35-34-,38-37-,43-23-. The summed E-state index contributed by atoms with van der Waals surface area (Å²) in [5.74, 6) is -2.32. The number of ether oxygens (including phenoxy) is 4. The van der Waals surface area contributed by atoms with Gasteiger partial charge in [0, 0.05) is 12.8 Å². The van der Waals surface area contributed by atoms with Gasteiger partial charge in [0.25, 0.3) is 0 Å². The average Bonchev–Trinajstić information content (AvgIpc) is 3.39. The number of carboxylic acids is 1. The smallest absolute Gasteiger partial charge is 0.306 e. The Morgan fingerprint density at radius 1 is 0.408 bits per heavy atom. The van der Waals surface area contributed by atoms with Crippen molar-refractivity contribution in [3.8, 4) is 0 Å². The maximum atomic E-state index is 12.9. The topological polar surface area (TPSA) is 111 Å². The lowest BCUT2D eigenvalue weighted by atomic mass is 10.0. The molecular formula is C67H111NO8. The Morgan fingerprint density at radius 3 is 1.12 bits per heavy atom. The molecule has 0 spiro atoms. The van der Waals surface area contributed by atoms with E-state index in [0.29, 0.717) is 17.4 Å². The number of hydrogen-bond acceptors (Lipinski definition) is 8. The van der Waals surface area contributed by atoms with Crippen LogP contribution in [-0.4, -0.2) is 82.3 Å². The Balaban J connectivity index is 4.22. The third kappa shape index (κ3) is 57.4. The molecule has 0 bridgehead atoms. The lowest BCUT2D eigenvalue weighted by Crippen LogP contribution is -2.44. The molecule has 0 radical (unpaired) electrons. The molecule has 0 saturated heterocycles. The van der Waals surface area contributed by atoms with Gasteiger partial charge in [-0.05, 0) is 109 Å². The van der Waals surface area contributed by atoms with Crippen LogP contribution < -0.4 is 5.11 Å². The van der Waals surface area contributed by atoms with Crippen molar-refractivity contribution < 1.29 is 42.9 Å². The lowest BCUT2D eigenvalue weighted by Gasteiger charge is -2.26. The van der Waals surface area contributed by atoms with Crippen molar-refractivity contribution in [3.63, 3.8) is 0 Å². The Kier molecular flexibility index (Phi) is 53.7. The van der Waals surface area contributed by atoms with Gasteiger partial charge in [0.2, 0.25) is 0 Å². The molecule has 2 atom stereocenters. The van der Waals surface area contributed by atoms with Crippen molar-refractivity contribution in [2.45, 2.75) is 238 Å². The van der Waals surface area contributed by atoms with Crippen molar-refractivity contribution >= 4 is 17.9 Å². The monoisotopic (exact) mass is 1060 g/mol. The van der Waals surface area contributed by atoms with Gasteiger partial charge >= 0.3 is 11.9 Å². The van der Waals surface area contributed by atoms with Gasteiger partial charge in [-0.1, -0.05) is 225 Å². The van der Waals surface area contributed by atoms with Crippen molar-refractivity contribution in [1.82, 2.24) is 0 Å². The summed E-state index contributed by atoms with van der Waals surface area (Å²) in [6.07, 6.45) is 76.8. The number of aliphatic carboxylic acids is 1. The molecule has 0 N–H and O–H groups in total. The van der Waals surface area contributed by atoms with Crippen LogP contribution in [0.15, 0.2) is 122 Å². The highest BCUT2D eigenvalue weighted by molar-refractivity contribution is 5.70. The van der Waals surface area contributed by atoms with E-state index in [0.717, 1.165) is 122 Å². The Labute approximate surface area is 466 Å². The fraction of sp³-hybridized carbons (Fsp3) is 0.657. The minimum atomic E-state index is -1.63. The molecule has 0 amide bonds. The molecular weight excluding hydrogens is 947 g/mol. The van der Waals surface area contributed by atoms with Crippen LogP contribution in [0.2, 0.25) is 0 Å². The van der Waals surface area contributed by atoms with E-state index in [1.807, 2.05) is 21.1 Å². The highest BCUT2D eigenvalue weighted by Gasteiger charge is 2.22. The van der Waals surface area contributed by atoms with Gasteiger partial charge in [-0.15, -0.1) is 0 Å². The maximum absolute atomic E-state index is 12.9. The predicted octanol–water partition coefficient (Wildman–Crippen LogP) is 16.7. The summed E-state index contributed by atoms with van der Waals surface area (Å²) in [5.41, 5.74) is 0. The zero-order valence-electron chi connectivity index (χ0n) is 49.1. The molecule has 0 rings (SSSR count). The molecule has 0 aliphatic rings. The zero-order valence-corrected chi connectivity index (χ0v) is 49.1. The number of carboxylic acid groups (broad SMARTS) is 1. The fourth-order valence-corrected chi connectivity index (χ4v) is 7.82. The molecule has 0 aromatic carbocycles. The van der Waals surface area contributed by atoms with Crippen molar-refractivity contribution in [2.24, 2.45) is 0 Å². The summed E-state index contributed by atoms with van der Waals surface area (Å²) >= 11 is 0. The van der Waals surface area contributed by atoms with Crippen LogP contribution in [0.1, 0.15) is 226 Å². The summed E-state index contributed by atoms with van der Waals surface area (Å²) in [6, 6.07) is 0. The summed E-state index contributed by atoms with van der Waals surface area (Å²) in [6.45, 7) is 4.58. The van der Waals surface area contributed by atoms with E-state index in [2.05, 4.69) is 135 Å². The van der Waals surface area contributed by atoms with E-state index >= 15 is 0 Å². The van der Waals surface area contributed by atoms with Crippen LogP contribution in [0.4, 0.5) is 0 Å². The van der Waals surface area contributed by atoms with Crippen LogP contribution in [0.25, 0.3) is 0 Å². The fourth-order valence-electron chi connectivity index (χ4n) is 7.82. The van der Waals surface area contributed by atoms with E-state index < -0.39 is 24.3 Å². The van der Waals surface area contributed by atoms with E-state index in [-0.39, 0.29) is 38.6 Å². The lowest BCUT2D eigenvalue weighted by molar-refractivity contribution is -0.870. The molecule has 0 heterocycles. The first kappa shape index (κ1) is 71.7. The second-order valence-corrected chi connectivity index (χ2v) is 20.9. The first-order valence-electron chi connectivity index (χ1n) is 30.2. The second-order valence-electron chi connectivity index (χ2n) is 20.9. The number of nitrogens with zero attached hydrogens (tertiary/aromatic N) is 1. The van der Waals surface area contributed by atoms with Gasteiger partial charge in [-0.3, -0.25) is 9.59 Å². The maximum Gasteiger partial charge on any atom is 0.306 e. The third-order valence-electron chi connectivity index (χ3n) is 12.4. The molecule has 432 valence electrons. The molecule has 0 aliphatic heterocycles. The first-order valence-corrected chi connectivity index (χ1v) is 30.2. The van der Waals surface area contributed by atoms with Crippen molar-refractivity contribution in [3.05, 3.63) is 122 Å². The highest BCUT2D eigenvalue weighted by Crippen LogP contribution is 2.15. The first-order chi connectivity index (χ1) is 37.1. The highest BCUT2D eigenvalue weighted by atomic mass is 16.7. The van der Waals surface area contributed by atoms with Gasteiger partial charge in [-0.25, -0.2) is 0 Å². The van der Waals surface area contributed by atoms with Crippen molar-refractivity contribution in [2.75, 3.05) is 47.5 Å². The number of carbonyl (C=O) groups is 3. The van der Waals surface area contributed by atoms with Gasteiger partial charge in [0.05, 0.1) is 40.3 Å². The number of carbonyl (C=O) groups excluding carboxylic acids is 3. The summed E-state index contributed by atoms with van der Waals surface area (Å²) in [4.78, 5) is 37.3. The van der Waals surface area contributed by atoms with Crippen LogP contribution in [0.3, 0.4) is 0 Å². The van der Waals surface area contributed by atoms with Crippen LogP contribution in [0, 0.1) is 0 Å². The van der Waals surface area contributed by atoms with E-state index in [1.54, 1.807) is 0 Å². The zero-order chi connectivity index (χ0) is 55.5. The predicted molar refractivity (Wildman–Crippen MR) is 320 cm³/mol. The third-order valence-corrected chi connectivity index (χ3v) is 12.4. The number of unbranched alkanes of at least 4 members (excludes halogenated alkanes) is 19. The van der Waals surface area contributed by atoms with Crippen LogP contribution in [0.5, 0.6) is 0 Å². The molecule has 76 heavy (non-hydrogen) atoms. The molecule has 2 unspecified atom stereocenters. The number of esters is 2. The largest absolute Gasteiger partial charge is 0.545 e. The van der Waals surface area contributed by atoms with E-state index in [4.69, 9.17) is 18.9 Å². The Bertz CT molecular complexity index is 1660. The molecule has 0 aromatic heterocycles. The summed E-state index contributed by atoms with van der Waals surface area (Å²) < 4.78 is 22.7. The SMILES string of the molecule is CC/C=C\C/C=C\C/C=C\C/C=C\C/C=C\C/C=C\C/C=C\C/C=C\CCCCCCCCCCCCC(=O)OC(COC(=O)CCCCCCC/C=C\C/C=C\CCCCCC)COC(OCC[N+](C)(C)C)C(=O)[O-]. The number of allylic oxidation sites excluding steroid dienone is 20. The minimum Gasteiger partial charge on any atom is -0.545 e. The Morgan fingerprint density at radius 2 is 0.750 bits per heavy atom. The van der Waals surface area contributed by atoms with Crippen molar-refractivity contribution in [1.29, 1.82) is 0 Å². The molecule has 0 saturated carbocycles. The molecule has 9 heteroatoms. The second kappa shape index (κ2) is 56.9. The van der Waals surface area contributed by atoms with Gasteiger partial charge in [0.15, 0.2) is 12.4 Å². The Hall–Kier alpha value is -4.31. The minimum absolute atomic E-state index is 0.139. The van der Waals surface area contributed by atoms with Gasteiger partial charge in [-0.2, -0.15) is 0 Å². The van der Waals surface area contributed by atoms with Gasteiger partial charge in [0.1, 0.15) is 13.2 Å². The summed E-state index contributed by atoms with van der Waals surface area (Å²) in [7, 11) is 5.91. The number of rotatable bonds is 54. The molecule has 9 nitrogen and oxygen atoms in total. The quantitative estimate of drug-likeness (QED) is 0.0195. The van der Waals surface area contributed by atoms with Crippen LogP contribution >= 0.6 is 0 Å². The molecule has 0 fully saturated rings. The number of hydrogen-bond donors (Lipinski definition) is 0. The normalized spacial score (nSPS) is 13.6. The molecule has 0 aliphatic carbocycles.